The quantitative estimate of drug-likeness (QED) is 0.691. The molecule has 0 bridgehead atoms. The number of benzene rings is 1. The molecule has 0 unspecified atom stereocenters. The lowest BCUT2D eigenvalue weighted by molar-refractivity contribution is 0.412. The van der Waals surface area contributed by atoms with E-state index in [2.05, 4.69) is 32.8 Å². The summed E-state index contributed by atoms with van der Waals surface area (Å²) in [4.78, 5) is 8.66. The van der Waals surface area contributed by atoms with Gasteiger partial charge in [0.15, 0.2) is 5.82 Å². The van der Waals surface area contributed by atoms with E-state index in [-0.39, 0.29) is 0 Å². The second-order valence-electron chi connectivity index (χ2n) is 4.21. The van der Waals surface area contributed by atoms with Gasteiger partial charge < -0.3 is 4.74 Å². The third kappa shape index (κ3) is 3.25. The van der Waals surface area contributed by atoms with Crippen LogP contribution < -0.4 is 4.74 Å². The summed E-state index contributed by atoms with van der Waals surface area (Å²) in [5, 5.41) is 0.822. The number of aromatic nitrogens is 2. The molecule has 0 saturated heterocycles. The Morgan fingerprint density at radius 2 is 1.85 bits per heavy atom. The molecule has 106 valence electrons. The summed E-state index contributed by atoms with van der Waals surface area (Å²) in [6.45, 7) is 2.06. The molecule has 0 aliphatic carbocycles. The molecule has 0 atom stereocenters. The summed E-state index contributed by atoms with van der Waals surface area (Å²) >= 11 is 15.8. The van der Waals surface area contributed by atoms with Crippen LogP contribution in [0.15, 0.2) is 22.7 Å². The molecule has 0 saturated carbocycles. The normalized spacial score (nSPS) is 10.7. The fourth-order valence-corrected chi connectivity index (χ4v) is 2.94. The van der Waals surface area contributed by atoms with E-state index in [9.17, 15) is 0 Å². The van der Waals surface area contributed by atoms with Gasteiger partial charge in [-0.3, -0.25) is 0 Å². The predicted octanol–water partition coefficient (Wildman–Crippen LogP) is 5.17. The third-order valence-electron chi connectivity index (χ3n) is 2.82. The van der Waals surface area contributed by atoms with Gasteiger partial charge in [0.25, 0.3) is 0 Å². The van der Waals surface area contributed by atoms with E-state index in [1.807, 2.05) is 18.2 Å². The molecule has 0 fully saturated rings. The largest absolute Gasteiger partial charge is 0.496 e. The van der Waals surface area contributed by atoms with Crippen molar-refractivity contribution in [2.24, 2.45) is 0 Å². The molecule has 0 radical (unpaired) electrons. The van der Waals surface area contributed by atoms with Gasteiger partial charge in [-0.15, -0.1) is 0 Å². The van der Waals surface area contributed by atoms with Gasteiger partial charge in [-0.25, -0.2) is 9.97 Å². The molecule has 1 heterocycles. The highest BCUT2D eigenvalue weighted by molar-refractivity contribution is 9.10. The van der Waals surface area contributed by atoms with Gasteiger partial charge >= 0.3 is 0 Å². The Labute approximate surface area is 136 Å². The summed E-state index contributed by atoms with van der Waals surface area (Å²) < 4.78 is 6.02. The molecule has 0 spiro atoms. The molecule has 2 aromatic rings. The van der Waals surface area contributed by atoms with Crippen molar-refractivity contribution < 1.29 is 4.74 Å². The summed E-state index contributed by atoms with van der Waals surface area (Å²) in [6.07, 6.45) is 1.71. The maximum absolute atomic E-state index is 6.19. The number of hydrogen-bond acceptors (Lipinski definition) is 3. The number of methoxy groups -OCH3 is 1. The first-order valence-electron chi connectivity index (χ1n) is 6.12. The summed E-state index contributed by atoms with van der Waals surface area (Å²) in [7, 11) is 1.61. The van der Waals surface area contributed by atoms with E-state index < -0.39 is 0 Å². The van der Waals surface area contributed by atoms with Crippen LogP contribution in [0.2, 0.25) is 10.3 Å². The van der Waals surface area contributed by atoms with Crippen molar-refractivity contribution in [1.29, 1.82) is 0 Å². The molecule has 0 amide bonds. The molecule has 0 N–H and O–H groups in total. The van der Waals surface area contributed by atoms with Crippen LogP contribution in [0.25, 0.3) is 11.4 Å². The SMILES string of the molecule is CCCc1c(Cl)nc(-c2ccc(OC)c(Br)c2)nc1Cl. The Morgan fingerprint density at radius 3 is 2.35 bits per heavy atom. The molecular weight excluding hydrogens is 363 g/mol. The van der Waals surface area contributed by atoms with Crippen molar-refractivity contribution in [2.45, 2.75) is 19.8 Å². The van der Waals surface area contributed by atoms with Crippen LogP contribution in [0, 0.1) is 0 Å². The Bertz CT molecular complexity index is 612. The minimum absolute atomic E-state index is 0.411. The van der Waals surface area contributed by atoms with Crippen LogP contribution >= 0.6 is 39.1 Å². The van der Waals surface area contributed by atoms with E-state index in [1.165, 1.54) is 0 Å². The highest BCUT2D eigenvalue weighted by Gasteiger charge is 2.13. The predicted molar refractivity (Wildman–Crippen MR) is 85.7 cm³/mol. The van der Waals surface area contributed by atoms with Crippen LogP contribution in [0.5, 0.6) is 5.75 Å². The van der Waals surface area contributed by atoms with E-state index in [0.29, 0.717) is 16.1 Å². The minimum atomic E-state index is 0.411. The van der Waals surface area contributed by atoms with Gasteiger partial charge in [-0.05, 0) is 40.5 Å². The highest BCUT2D eigenvalue weighted by Crippen LogP contribution is 2.31. The van der Waals surface area contributed by atoms with Gasteiger partial charge in [0.1, 0.15) is 16.1 Å². The highest BCUT2D eigenvalue weighted by atomic mass is 79.9. The van der Waals surface area contributed by atoms with Crippen molar-refractivity contribution in [2.75, 3.05) is 7.11 Å². The average molecular weight is 376 g/mol. The Balaban J connectivity index is 2.46. The van der Waals surface area contributed by atoms with Crippen LogP contribution in [0.4, 0.5) is 0 Å². The summed E-state index contributed by atoms with van der Waals surface area (Å²) in [6, 6.07) is 5.58. The smallest absolute Gasteiger partial charge is 0.162 e. The number of ether oxygens (including phenoxy) is 1. The maximum Gasteiger partial charge on any atom is 0.162 e. The fraction of sp³-hybridized carbons (Fsp3) is 0.286. The zero-order valence-electron chi connectivity index (χ0n) is 11.1. The molecule has 1 aromatic heterocycles. The van der Waals surface area contributed by atoms with Gasteiger partial charge in [-0.2, -0.15) is 0 Å². The van der Waals surface area contributed by atoms with Crippen molar-refractivity contribution in [1.82, 2.24) is 9.97 Å². The molecule has 6 heteroatoms. The lowest BCUT2D eigenvalue weighted by Crippen LogP contribution is -1.98. The zero-order valence-corrected chi connectivity index (χ0v) is 14.2. The van der Waals surface area contributed by atoms with Crippen LogP contribution in [-0.2, 0) is 6.42 Å². The van der Waals surface area contributed by atoms with Crippen molar-refractivity contribution in [3.8, 4) is 17.1 Å². The molecule has 1 aromatic carbocycles. The Morgan fingerprint density at radius 1 is 1.20 bits per heavy atom. The first-order valence-corrected chi connectivity index (χ1v) is 7.67. The number of halogens is 3. The zero-order chi connectivity index (χ0) is 14.7. The van der Waals surface area contributed by atoms with Crippen molar-refractivity contribution >= 4 is 39.1 Å². The van der Waals surface area contributed by atoms with E-state index in [1.54, 1.807) is 7.11 Å². The molecule has 0 aliphatic heterocycles. The Hall–Kier alpha value is -0.840. The van der Waals surface area contributed by atoms with Crippen molar-refractivity contribution in [3.63, 3.8) is 0 Å². The third-order valence-corrected chi connectivity index (χ3v) is 4.06. The first-order chi connectivity index (χ1) is 9.56. The number of rotatable bonds is 4. The summed E-state index contributed by atoms with van der Waals surface area (Å²) in [5.41, 5.74) is 1.62. The first kappa shape index (κ1) is 15.5. The molecule has 20 heavy (non-hydrogen) atoms. The second-order valence-corrected chi connectivity index (χ2v) is 5.78. The fourth-order valence-electron chi connectivity index (χ4n) is 1.82. The molecule has 3 nitrogen and oxygen atoms in total. The van der Waals surface area contributed by atoms with Gasteiger partial charge in [0.2, 0.25) is 0 Å². The van der Waals surface area contributed by atoms with Crippen LogP contribution in [0.1, 0.15) is 18.9 Å². The Kier molecular flexibility index (Phi) is 5.24. The number of nitrogens with zero attached hydrogens (tertiary/aromatic N) is 2. The van der Waals surface area contributed by atoms with Gasteiger partial charge in [-0.1, -0.05) is 36.5 Å². The molecular formula is C14H13BrCl2N2O. The van der Waals surface area contributed by atoms with Crippen molar-refractivity contribution in [3.05, 3.63) is 38.5 Å². The van der Waals surface area contributed by atoms with Crippen LogP contribution in [0.3, 0.4) is 0 Å². The van der Waals surface area contributed by atoms with Gasteiger partial charge in [0.05, 0.1) is 11.6 Å². The van der Waals surface area contributed by atoms with E-state index in [0.717, 1.165) is 34.2 Å². The number of hydrogen-bond donors (Lipinski definition) is 0. The lowest BCUT2D eigenvalue weighted by Gasteiger charge is -2.09. The lowest BCUT2D eigenvalue weighted by atomic mass is 10.2. The van der Waals surface area contributed by atoms with Gasteiger partial charge in [0, 0.05) is 11.1 Å². The molecule has 2 rings (SSSR count). The minimum Gasteiger partial charge on any atom is -0.496 e. The maximum atomic E-state index is 6.19. The second kappa shape index (κ2) is 6.74. The standard InChI is InChI=1S/C14H13BrCl2N2O/c1-3-4-9-12(16)18-14(19-13(9)17)8-5-6-11(20-2)10(15)7-8/h5-7H,3-4H2,1-2H3. The van der Waals surface area contributed by atoms with E-state index >= 15 is 0 Å². The monoisotopic (exact) mass is 374 g/mol. The molecule has 0 aliphatic rings. The van der Waals surface area contributed by atoms with E-state index in [4.69, 9.17) is 27.9 Å². The average Bonchev–Trinajstić information content (AvgIpc) is 2.42. The topological polar surface area (TPSA) is 35.0 Å². The van der Waals surface area contributed by atoms with Crippen LogP contribution in [-0.4, -0.2) is 17.1 Å². The summed E-state index contributed by atoms with van der Waals surface area (Å²) in [5.74, 6) is 1.25.